The molecule has 0 radical (unpaired) electrons. The van der Waals surface area contributed by atoms with Crippen molar-refractivity contribution in [2.45, 2.75) is 28.8 Å². The molecule has 0 aromatic heterocycles. The maximum absolute atomic E-state index is 12.8. The fraction of sp³-hybridized carbons (Fsp3) is 1.00. The van der Waals surface area contributed by atoms with E-state index in [4.69, 9.17) is 0 Å². The number of nitrogens with one attached hydrogen (secondary N) is 1. The molecule has 0 aliphatic carbocycles. The van der Waals surface area contributed by atoms with Crippen LogP contribution in [0.1, 0.15) is 0 Å². The van der Waals surface area contributed by atoms with Crippen molar-refractivity contribution in [3.8, 4) is 0 Å². The van der Waals surface area contributed by atoms with Gasteiger partial charge in [0.25, 0.3) is 0 Å². The topological polar surface area (TPSA) is 29.1 Å². The minimum Gasteiger partial charge on any atom is -0.255 e. The summed E-state index contributed by atoms with van der Waals surface area (Å²) in [6, 6.07) is 0. The summed E-state index contributed by atoms with van der Waals surface area (Å²) >= 11 is 0.285. The molecule has 1 N–H and O–H groups in total. The van der Waals surface area contributed by atoms with Crippen LogP contribution >= 0.6 is 22.6 Å². The molecule has 0 amide bonds. The van der Waals surface area contributed by atoms with E-state index < -0.39 is 28.4 Å². The predicted octanol–water partition coefficient (Wildman–Crippen LogP) is 2.70. The summed E-state index contributed by atoms with van der Waals surface area (Å²) < 4.78 is 58.9. The summed E-state index contributed by atoms with van der Waals surface area (Å²) in [7, 11) is -5.32. The van der Waals surface area contributed by atoms with Crippen LogP contribution in [0.5, 0.6) is 0 Å². The van der Waals surface area contributed by atoms with Gasteiger partial charge in [-0.05, 0) is 0 Å². The third kappa shape index (κ3) is 4.11. The number of hydrogen-bond donors (Lipinski definition) is 1. The molecule has 1 atom stereocenters. The highest BCUT2D eigenvalue weighted by Crippen LogP contribution is 2.41. The van der Waals surface area contributed by atoms with E-state index in [1.165, 1.54) is 0 Å². The van der Waals surface area contributed by atoms with Crippen LogP contribution in [0.15, 0.2) is 0 Å². The highest BCUT2D eigenvalue weighted by molar-refractivity contribution is 14.1. The third-order valence-corrected chi connectivity index (χ3v) is 5.92. The zero-order chi connectivity index (χ0) is 11.8. The summed E-state index contributed by atoms with van der Waals surface area (Å²) in [5.41, 5.74) is 0. The molecule has 14 heavy (non-hydrogen) atoms. The molecule has 0 aliphatic rings. The predicted molar refractivity (Wildman–Crippen MR) is 58.5 cm³/mol. The fourth-order valence-corrected chi connectivity index (χ4v) is 3.99. The van der Waals surface area contributed by atoms with E-state index in [-0.39, 0.29) is 22.6 Å². The Balaban J connectivity index is 4.70. The van der Waals surface area contributed by atoms with Crippen molar-refractivity contribution >= 4 is 41.8 Å². The fourth-order valence-electron chi connectivity index (χ4n) is 0.447. The SMILES string of the molecule is C[Si](C)(C)NS(=O)C(F)(F)C(F)(F)I. The van der Waals surface area contributed by atoms with Gasteiger partial charge in [-0.25, -0.2) is 4.21 Å². The van der Waals surface area contributed by atoms with E-state index >= 15 is 0 Å². The monoisotopic (exact) mass is 363 g/mol. The van der Waals surface area contributed by atoms with Gasteiger partial charge in [0.05, 0.1) is 0 Å². The van der Waals surface area contributed by atoms with Gasteiger partial charge >= 0.3 is 9.18 Å². The first-order chi connectivity index (χ1) is 5.88. The highest BCUT2D eigenvalue weighted by Gasteiger charge is 2.60. The second kappa shape index (κ2) is 4.34. The Kier molecular flexibility index (Phi) is 4.58. The van der Waals surface area contributed by atoms with E-state index in [9.17, 15) is 21.8 Å². The average Bonchev–Trinajstić information content (AvgIpc) is 1.80. The summed E-state index contributed by atoms with van der Waals surface area (Å²) in [5.74, 6) is 0. The molecule has 9 heteroatoms. The molecule has 0 heterocycles. The van der Waals surface area contributed by atoms with Gasteiger partial charge in [0.2, 0.25) is 0 Å². The Hall–Kier alpha value is 0.777. The lowest BCUT2D eigenvalue weighted by Gasteiger charge is -2.25. The summed E-state index contributed by atoms with van der Waals surface area (Å²) in [5, 5.41) is -4.55. The van der Waals surface area contributed by atoms with E-state index in [0.717, 1.165) is 0 Å². The van der Waals surface area contributed by atoms with Crippen LogP contribution in [-0.4, -0.2) is 21.6 Å². The van der Waals surface area contributed by atoms with Gasteiger partial charge in [-0.3, -0.25) is 4.39 Å². The summed E-state index contributed by atoms with van der Waals surface area (Å²) in [6.07, 6.45) is 0. The first-order valence-corrected chi connectivity index (χ1v) is 9.25. The van der Waals surface area contributed by atoms with Crippen molar-refractivity contribution in [2.75, 3.05) is 0 Å². The van der Waals surface area contributed by atoms with Crippen LogP contribution in [0.25, 0.3) is 0 Å². The highest BCUT2D eigenvalue weighted by atomic mass is 127. The molecule has 0 spiro atoms. The summed E-state index contributed by atoms with van der Waals surface area (Å²) in [6.45, 7) is 4.77. The zero-order valence-corrected chi connectivity index (χ0v) is 11.7. The molecular weight excluding hydrogens is 353 g/mol. The lowest BCUT2D eigenvalue weighted by molar-refractivity contribution is -0.0739. The Morgan fingerprint density at radius 3 is 1.79 bits per heavy atom. The van der Waals surface area contributed by atoms with Crippen LogP contribution in [-0.2, 0) is 11.0 Å². The Bertz CT molecular complexity index is 239. The van der Waals surface area contributed by atoms with Crippen LogP contribution in [0, 0.1) is 0 Å². The van der Waals surface area contributed by atoms with E-state index in [1.54, 1.807) is 19.6 Å². The molecule has 0 fully saturated rings. The van der Waals surface area contributed by atoms with Crippen molar-refractivity contribution in [1.29, 1.82) is 0 Å². The summed E-state index contributed by atoms with van der Waals surface area (Å²) in [4.78, 5) is 0. The lowest BCUT2D eigenvalue weighted by atomic mass is 10.7. The van der Waals surface area contributed by atoms with Gasteiger partial charge in [0, 0.05) is 22.6 Å². The second-order valence-electron chi connectivity index (χ2n) is 3.64. The van der Waals surface area contributed by atoms with Crippen molar-refractivity contribution in [2.24, 2.45) is 0 Å². The van der Waals surface area contributed by atoms with Crippen LogP contribution < -0.4 is 4.39 Å². The van der Waals surface area contributed by atoms with Gasteiger partial charge in [0.1, 0.15) is 8.24 Å². The Morgan fingerprint density at radius 1 is 1.21 bits per heavy atom. The third-order valence-electron chi connectivity index (χ3n) is 0.962. The smallest absolute Gasteiger partial charge is 0.255 e. The molecule has 1 unspecified atom stereocenters. The van der Waals surface area contributed by atoms with Crippen LogP contribution in [0.3, 0.4) is 0 Å². The van der Waals surface area contributed by atoms with Crippen molar-refractivity contribution in [3.63, 3.8) is 0 Å². The van der Waals surface area contributed by atoms with Gasteiger partial charge in [0.15, 0.2) is 11.0 Å². The van der Waals surface area contributed by atoms with Gasteiger partial charge in [-0.15, -0.1) is 0 Å². The molecule has 2 nitrogen and oxygen atoms in total. The molecule has 0 saturated heterocycles. The van der Waals surface area contributed by atoms with Gasteiger partial charge in [-0.1, -0.05) is 19.6 Å². The van der Waals surface area contributed by atoms with Crippen LogP contribution in [0.2, 0.25) is 19.6 Å². The normalized spacial score (nSPS) is 16.9. The number of alkyl halides is 5. The van der Waals surface area contributed by atoms with Crippen LogP contribution in [0.4, 0.5) is 17.6 Å². The lowest BCUT2D eigenvalue weighted by Crippen LogP contribution is -2.52. The van der Waals surface area contributed by atoms with Crippen molar-refractivity contribution < 1.29 is 21.8 Å². The average molecular weight is 363 g/mol. The van der Waals surface area contributed by atoms with E-state index in [0.29, 0.717) is 0 Å². The standard InChI is InChI=1S/C5H10F4INOSSi/c1-14(2,3)11-13(12)5(8,9)4(6,7)10/h11H,1-3H3. The largest absolute Gasteiger partial charge is 0.404 e. The van der Waals surface area contributed by atoms with E-state index in [2.05, 4.69) is 0 Å². The molecule has 0 bridgehead atoms. The maximum atomic E-state index is 12.8. The Morgan fingerprint density at radius 2 is 1.57 bits per heavy atom. The number of hydrogen-bond acceptors (Lipinski definition) is 1. The first kappa shape index (κ1) is 14.8. The molecule has 86 valence electrons. The molecule has 0 saturated carbocycles. The maximum Gasteiger partial charge on any atom is 0.404 e. The van der Waals surface area contributed by atoms with Crippen molar-refractivity contribution in [1.82, 2.24) is 4.39 Å². The quantitative estimate of drug-likeness (QED) is 0.354. The van der Waals surface area contributed by atoms with Gasteiger partial charge < -0.3 is 0 Å². The first-order valence-electron chi connectivity index (χ1n) is 3.52. The Labute approximate surface area is 96.6 Å². The minimum absolute atomic E-state index is 0.285. The molecule has 0 aromatic carbocycles. The number of halogens is 5. The second-order valence-corrected chi connectivity index (χ2v) is 11.4. The van der Waals surface area contributed by atoms with Crippen molar-refractivity contribution in [3.05, 3.63) is 0 Å². The zero-order valence-electron chi connectivity index (χ0n) is 7.71. The van der Waals surface area contributed by atoms with E-state index in [1.807, 2.05) is 4.39 Å². The van der Waals surface area contributed by atoms with Gasteiger partial charge in [-0.2, -0.15) is 17.6 Å². The minimum atomic E-state index is -4.55. The molecular formula is C5H10F4INOSSi. The molecule has 0 aromatic rings. The number of rotatable bonds is 4. The molecule has 0 aliphatic heterocycles. The molecule has 0 rings (SSSR count).